The summed E-state index contributed by atoms with van der Waals surface area (Å²) in [6.45, 7) is 1.12. The SMILES string of the molecule is O=C(CSc1nc(NCc2ccc(Cl)cc2)c2ccccc2n1)NCc1ccccc1. The monoisotopic (exact) mass is 448 g/mol. The van der Waals surface area contributed by atoms with Crippen molar-refractivity contribution < 1.29 is 4.79 Å². The second kappa shape index (κ2) is 10.3. The first-order chi connectivity index (χ1) is 15.2. The molecule has 156 valence electrons. The highest BCUT2D eigenvalue weighted by Crippen LogP contribution is 2.25. The van der Waals surface area contributed by atoms with E-state index in [1.54, 1.807) is 0 Å². The van der Waals surface area contributed by atoms with Crippen molar-refractivity contribution in [2.45, 2.75) is 18.2 Å². The quantitative estimate of drug-likeness (QED) is 0.282. The normalized spacial score (nSPS) is 10.7. The third-order valence-electron chi connectivity index (χ3n) is 4.62. The smallest absolute Gasteiger partial charge is 0.230 e. The first kappa shape index (κ1) is 21.2. The minimum atomic E-state index is -0.0544. The van der Waals surface area contributed by atoms with Gasteiger partial charge in [0, 0.05) is 23.5 Å². The number of aromatic nitrogens is 2. The van der Waals surface area contributed by atoms with Gasteiger partial charge in [0.15, 0.2) is 5.16 Å². The molecule has 0 aliphatic heterocycles. The number of nitrogens with zero attached hydrogens (tertiary/aromatic N) is 2. The maximum atomic E-state index is 12.3. The Hall–Kier alpha value is -3.09. The number of hydrogen-bond donors (Lipinski definition) is 2. The Morgan fingerprint density at radius 3 is 2.35 bits per heavy atom. The lowest BCUT2D eigenvalue weighted by atomic mass is 10.2. The molecule has 3 aromatic carbocycles. The molecule has 0 saturated carbocycles. The maximum absolute atomic E-state index is 12.3. The summed E-state index contributed by atoms with van der Waals surface area (Å²) in [6, 6.07) is 25.4. The molecule has 0 fully saturated rings. The van der Waals surface area contributed by atoms with Gasteiger partial charge in [-0.05, 0) is 35.4 Å². The van der Waals surface area contributed by atoms with Crippen LogP contribution in [0.4, 0.5) is 5.82 Å². The molecule has 0 bridgehead atoms. The predicted octanol–water partition coefficient (Wildman–Crippen LogP) is 5.30. The largest absolute Gasteiger partial charge is 0.365 e. The molecular weight excluding hydrogens is 428 g/mol. The Balaban J connectivity index is 1.42. The molecule has 4 rings (SSSR count). The van der Waals surface area contributed by atoms with E-state index in [-0.39, 0.29) is 11.7 Å². The number of amides is 1. The third kappa shape index (κ3) is 5.96. The van der Waals surface area contributed by atoms with Gasteiger partial charge in [-0.2, -0.15) is 0 Å². The van der Waals surface area contributed by atoms with Crippen molar-refractivity contribution in [1.29, 1.82) is 0 Å². The Labute approximate surface area is 190 Å². The average Bonchev–Trinajstić information content (AvgIpc) is 2.81. The van der Waals surface area contributed by atoms with E-state index in [2.05, 4.69) is 20.6 Å². The van der Waals surface area contributed by atoms with Crippen molar-refractivity contribution in [3.63, 3.8) is 0 Å². The summed E-state index contributed by atoms with van der Waals surface area (Å²) in [6.07, 6.45) is 0. The number of nitrogens with one attached hydrogen (secondary N) is 2. The molecule has 0 radical (unpaired) electrons. The molecule has 1 amide bonds. The van der Waals surface area contributed by atoms with Gasteiger partial charge in [0.1, 0.15) is 5.82 Å². The molecule has 0 unspecified atom stereocenters. The molecule has 0 saturated heterocycles. The fourth-order valence-electron chi connectivity index (χ4n) is 3.02. The van der Waals surface area contributed by atoms with Crippen LogP contribution in [0, 0.1) is 0 Å². The van der Waals surface area contributed by atoms with Gasteiger partial charge in [0.2, 0.25) is 5.91 Å². The summed E-state index contributed by atoms with van der Waals surface area (Å²) in [5.74, 6) is 0.941. The van der Waals surface area contributed by atoms with E-state index in [1.807, 2.05) is 78.9 Å². The number of carbonyl (C=O) groups is 1. The summed E-state index contributed by atoms with van der Waals surface area (Å²) in [5.41, 5.74) is 3.00. The molecule has 0 aliphatic rings. The summed E-state index contributed by atoms with van der Waals surface area (Å²) >= 11 is 7.29. The first-order valence-corrected chi connectivity index (χ1v) is 11.2. The van der Waals surface area contributed by atoms with E-state index in [0.29, 0.717) is 23.3 Å². The van der Waals surface area contributed by atoms with Gasteiger partial charge in [0.25, 0.3) is 0 Å². The molecule has 0 atom stereocenters. The van der Waals surface area contributed by atoms with Gasteiger partial charge < -0.3 is 10.6 Å². The lowest BCUT2D eigenvalue weighted by molar-refractivity contribution is -0.118. The van der Waals surface area contributed by atoms with Crippen molar-refractivity contribution in [3.8, 4) is 0 Å². The number of halogens is 1. The van der Waals surface area contributed by atoms with Crippen LogP contribution in [0.25, 0.3) is 10.9 Å². The van der Waals surface area contributed by atoms with Gasteiger partial charge in [-0.15, -0.1) is 0 Å². The summed E-state index contributed by atoms with van der Waals surface area (Å²) in [4.78, 5) is 21.5. The molecule has 2 N–H and O–H groups in total. The van der Waals surface area contributed by atoms with Gasteiger partial charge in [-0.3, -0.25) is 4.79 Å². The molecule has 5 nitrogen and oxygen atoms in total. The van der Waals surface area contributed by atoms with Crippen LogP contribution in [0.15, 0.2) is 84.0 Å². The van der Waals surface area contributed by atoms with E-state index < -0.39 is 0 Å². The van der Waals surface area contributed by atoms with Crippen molar-refractivity contribution in [2.24, 2.45) is 0 Å². The van der Waals surface area contributed by atoms with E-state index in [1.165, 1.54) is 11.8 Å². The molecule has 7 heteroatoms. The number of benzene rings is 3. The minimum absolute atomic E-state index is 0.0544. The van der Waals surface area contributed by atoms with Gasteiger partial charge in [0.05, 0.1) is 11.3 Å². The van der Waals surface area contributed by atoms with Crippen LogP contribution >= 0.6 is 23.4 Å². The first-order valence-electron chi connectivity index (χ1n) is 9.86. The Morgan fingerprint density at radius 1 is 0.839 bits per heavy atom. The Bertz CT molecular complexity index is 1170. The second-order valence-corrected chi connectivity index (χ2v) is 8.28. The van der Waals surface area contributed by atoms with Crippen LogP contribution in [-0.2, 0) is 17.9 Å². The van der Waals surface area contributed by atoms with Gasteiger partial charge in [-0.1, -0.05) is 78.0 Å². The van der Waals surface area contributed by atoms with Crippen LogP contribution in [0.5, 0.6) is 0 Å². The molecule has 0 aliphatic carbocycles. The molecule has 4 aromatic rings. The van der Waals surface area contributed by atoms with Crippen LogP contribution < -0.4 is 10.6 Å². The number of anilines is 1. The lowest BCUT2D eigenvalue weighted by Gasteiger charge is -2.11. The second-order valence-electron chi connectivity index (χ2n) is 6.90. The zero-order valence-corrected chi connectivity index (χ0v) is 18.3. The van der Waals surface area contributed by atoms with Crippen molar-refractivity contribution in [1.82, 2.24) is 15.3 Å². The summed E-state index contributed by atoms with van der Waals surface area (Å²) in [5, 5.41) is 8.53. The predicted molar refractivity (Wildman–Crippen MR) is 127 cm³/mol. The molecule has 31 heavy (non-hydrogen) atoms. The maximum Gasteiger partial charge on any atom is 0.230 e. The standard InChI is InChI=1S/C24H21ClN4OS/c25-19-12-10-18(11-13-19)15-27-23-20-8-4-5-9-21(20)28-24(29-23)31-16-22(30)26-14-17-6-2-1-3-7-17/h1-13H,14-16H2,(H,26,30)(H,27,28,29). The molecular formula is C24H21ClN4OS. The molecule has 1 aromatic heterocycles. The zero-order valence-electron chi connectivity index (χ0n) is 16.7. The number of rotatable bonds is 8. The van der Waals surface area contributed by atoms with Crippen LogP contribution in [0.3, 0.4) is 0 Å². The highest BCUT2D eigenvalue weighted by molar-refractivity contribution is 7.99. The van der Waals surface area contributed by atoms with Gasteiger partial charge >= 0.3 is 0 Å². The van der Waals surface area contributed by atoms with Crippen molar-refractivity contribution >= 4 is 46.0 Å². The number of thioether (sulfide) groups is 1. The summed E-state index contributed by atoms with van der Waals surface area (Å²) < 4.78 is 0. The zero-order chi connectivity index (χ0) is 21.5. The fraction of sp³-hybridized carbons (Fsp3) is 0.125. The highest BCUT2D eigenvalue weighted by Gasteiger charge is 2.10. The molecule has 1 heterocycles. The number of hydrogen-bond acceptors (Lipinski definition) is 5. The number of fused-ring (bicyclic) bond motifs is 1. The Morgan fingerprint density at radius 2 is 1.55 bits per heavy atom. The summed E-state index contributed by atoms with van der Waals surface area (Å²) in [7, 11) is 0. The van der Waals surface area contributed by atoms with Crippen LogP contribution in [0.2, 0.25) is 5.02 Å². The van der Waals surface area contributed by atoms with E-state index in [4.69, 9.17) is 11.6 Å². The molecule has 0 spiro atoms. The minimum Gasteiger partial charge on any atom is -0.365 e. The van der Waals surface area contributed by atoms with Crippen molar-refractivity contribution in [3.05, 3.63) is 95.0 Å². The average molecular weight is 449 g/mol. The van der Waals surface area contributed by atoms with E-state index in [0.717, 1.165) is 27.8 Å². The van der Waals surface area contributed by atoms with E-state index >= 15 is 0 Å². The van der Waals surface area contributed by atoms with Gasteiger partial charge in [-0.25, -0.2) is 9.97 Å². The fourth-order valence-corrected chi connectivity index (χ4v) is 3.83. The van der Waals surface area contributed by atoms with E-state index in [9.17, 15) is 4.79 Å². The lowest BCUT2D eigenvalue weighted by Crippen LogP contribution is -2.24. The van der Waals surface area contributed by atoms with Crippen LogP contribution in [0.1, 0.15) is 11.1 Å². The van der Waals surface area contributed by atoms with Crippen LogP contribution in [-0.4, -0.2) is 21.6 Å². The highest BCUT2D eigenvalue weighted by atomic mass is 35.5. The third-order valence-corrected chi connectivity index (χ3v) is 5.72. The topological polar surface area (TPSA) is 66.9 Å². The van der Waals surface area contributed by atoms with Crippen molar-refractivity contribution in [2.75, 3.05) is 11.1 Å². The Kier molecular flexibility index (Phi) is 7.02. The number of carbonyl (C=O) groups excluding carboxylic acids is 1. The number of para-hydroxylation sites is 1.